The van der Waals surface area contributed by atoms with Crippen molar-refractivity contribution >= 4 is 46.4 Å². The lowest BCUT2D eigenvalue weighted by Crippen LogP contribution is -2.55. The molecule has 8 nitrogen and oxygen atoms in total. The van der Waals surface area contributed by atoms with Gasteiger partial charge in [0.2, 0.25) is 22.9 Å². The topological polar surface area (TPSA) is 116 Å². The summed E-state index contributed by atoms with van der Waals surface area (Å²) in [6.45, 7) is 3.67. The third kappa shape index (κ3) is 8.41. The number of benzene rings is 2. The predicted molar refractivity (Wildman–Crippen MR) is 140 cm³/mol. The zero-order chi connectivity index (χ0) is 25.2. The summed E-state index contributed by atoms with van der Waals surface area (Å²) in [4.78, 5) is 38.9. The largest absolute Gasteiger partial charge is 0.344 e. The predicted octanol–water partition coefficient (Wildman–Crippen LogP) is 3.64. The van der Waals surface area contributed by atoms with Crippen molar-refractivity contribution in [2.45, 2.75) is 45.2 Å². The van der Waals surface area contributed by atoms with Crippen molar-refractivity contribution in [1.29, 1.82) is 0 Å². The summed E-state index contributed by atoms with van der Waals surface area (Å²) < 4.78 is 0.437. The minimum Gasteiger partial charge on any atom is -0.344 e. The Morgan fingerprint density at radius 2 is 1.57 bits per heavy atom. The molecule has 2 aromatic carbocycles. The summed E-state index contributed by atoms with van der Waals surface area (Å²) in [5, 5.41) is 15.2. The van der Waals surface area contributed by atoms with Crippen LogP contribution in [-0.4, -0.2) is 40.0 Å². The van der Waals surface area contributed by atoms with Crippen molar-refractivity contribution in [3.05, 3.63) is 75.7 Å². The number of rotatable bonds is 11. The second-order valence-electron chi connectivity index (χ2n) is 8.43. The van der Waals surface area contributed by atoms with Crippen molar-refractivity contribution in [1.82, 2.24) is 20.8 Å². The number of aromatic amines is 1. The quantitative estimate of drug-likeness (QED) is 0.293. The molecular weight excluding hydrogens is 482 g/mol. The lowest BCUT2D eigenvalue weighted by Gasteiger charge is -2.25. The molecule has 35 heavy (non-hydrogen) atoms. The van der Waals surface area contributed by atoms with Crippen LogP contribution in [0, 0.1) is 9.87 Å². The van der Waals surface area contributed by atoms with Gasteiger partial charge < -0.3 is 10.6 Å². The molecule has 0 aliphatic heterocycles. The summed E-state index contributed by atoms with van der Waals surface area (Å²) in [6.07, 6.45) is 1.12. The van der Waals surface area contributed by atoms with Gasteiger partial charge in [-0.25, -0.2) is 0 Å². The maximum atomic E-state index is 13.3. The van der Waals surface area contributed by atoms with Gasteiger partial charge in [-0.1, -0.05) is 85.8 Å². The summed E-state index contributed by atoms with van der Waals surface area (Å²) in [6, 6.07) is 17.5. The molecule has 0 aliphatic rings. The third-order valence-electron chi connectivity index (χ3n) is 5.33. The minimum absolute atomic E-state index is 0.197. The molecule has 0 bridgehead atoms. The van der Waals surface area contributed by atoms with Crippen molar-refractivity contribution in [2.75, 3.05) is 5.32 Å². The third-order valence-corrected chi connectivity index (χ3v) is 6.34. The summed E-state index contributed by atoms with van der Waals surface area (Å²) in [5.41, 5.74) is 1.95. The molecule has 3 amide bonds. The van der Waals surface area contributed by atoms with E-state index in [2.05, 4.69) is 26.1 Å². The van der Waals surface area contributed by atoms with Gasteiger partial charge in [0.1, 0.15) is 12.1 Å². The van der Waals surface area contributed by atoms with E-state index in [4.69, 9.17) is 12.2 Å². The summed E-state index contributed by atoms with van der Waals surface area (Å²) in [5.74, 6) is -1.26. The van der Waals surface area contributed by atoms with Gasteiger partial charge in [-0.2, -0.15) is 0 Å². The Morgan fingerprint density at radius 1 is 0.943 bits per heavy atom. The highest BCUT2D eigenvalue weighted by Gasteiger charge is 2.29. The highest BCUT2D eigenvalue weighted by molar-refractivity contribution is 7.73. The van der Waals surface area contributed by atoms with Crippen LogP contribution in [0.5, 0.6) is 0 Å². The molecule has 3 aromatic rings. The van der Waals surface area contributed by atoms with Crippen LogP contribution in [0.1, 0.15) is 31.4 Å². The molecule has 0 aliphatic carbocycles. The smallest absolute Gasteiger partial charge is 0.249 e. The van der Waals surface area contributed by atoms with Crippen LogP contribution in [0.3, 0.4) is 0 Å². The van der Waals surface area contributed by atoms with Crippen LogP contribution in [-0.2, 0) is 27.2 Å². The highest BCUT2D eigenvalue weighted by Crippen LogP contribution is 2.14. The number of hydrogen-bond donors (Lipinski definition) is 4. The van der Waals surface area contributed by atoms with Crippen LogP contribution in [0.4, 0.5) is 5.13 Å². The van der Waals surface area contributed by atoms with E-state index in [1.54, 1.807) is 0 Å². The van der Waals surface area contributed by atoms with E-state index < -0.39 is 23.9 Å². The van der Waals surface area contributed by atoms with Gasteiger partial charge in [-0.15, -0.1) is 5.10 Å². The average molecular weight is 512 g/mol. The van der Waals surface area contributed by atoms with Gasteiger partial charge in [0, 0.05) is 12.8 Å². The number of aryl methyl sites for hydroxylation is 1. The maximum Gasteiger partial charge on any atom is 0.249 e. The van der Waals surface area contributed by atoms with Crippen LogP contribution in [0.2, 0.25) is 0 Å². The summed E-state index contributed by atoms with van der Waals surface area (Å²) in [7, 11) is 0. The Balaban J connectivity index is 1.69. The first-order valence-electron chi connectivity index (χ1n) is 11.4. The van der Waals surface area contributed by atoms with Crippen molar-refractivity contribution in [2.24, 2.45) is 5.92 Å². The van der Waals surface area contributed by atoms with Gasteiger partial charge in [-0.3, -0.25) is 24.8 Å². The number of carbonyl (C=O) groups excluding carboxylic acids is 3. The molecule has 0 saturated carbocycles. The SMILES string of the molecule is CC(C)[C@H](NC(=O)[C@H](Cc1ccccc1)NC(=O)CCc1ccccc1)C(=O)Nc1n[nH]c(=S)s1. The number of amides is 3. The first kappa shape index (κ1) is 26.2. The zero-order valence-electron chi connectivity index (χ0n) is 19.6. The first-order valence-corrected chi connectivity index (χ1v) is 12.6. The van der Waals surface area contributed by atoms with Crippen LogP contribution >= 0.6 is 23.6 Å². The van der Waals surface area contributed by atoms with Crippen molar-refractivity contribution in [3.8, 4) is 0 Å². The number of anilines is 1. The highest BCUT2D eigenvalue weighted by atomic mass is 32.1. The molecule has 1 heterocycles. The number of nitrogens with one attached hydrogen (secondary N) is 4. The fourth-order valence-electron chi connectivity index (χ4n) is 3.48. The zero-order valence-corrected chi connectivity index (χ0v) is 21.2. The summed E-state index contributed by atoms with van der Waals surface area (Å²) >= 11 is 6.13. The van der Waals surface area contributed by atoms with Crippen LogP contribution < -0.4 is 16.0 Å². The van der Waals surface area contributed by atoms with Crippen LogP contribution in [0.15, 0.2) is 60.7 Å². The Hall–Kier alpha value is -3.37. The number of hydrogen-bond acceptors (Lipinski definition) is 6. The lowest BCUT2D eigenvalue weighted by molar-refractivity contribution is -0.131. The molecule has 2 atom stereocenters. The van der Waals surface area contributed by atoms with Crippen molar-refractivity contribution in [3.63, 3.8) is 0 Å². The molecule has 4 N–H and O–H groups in total. The monoisotopic (exact) mass is 511 g/mol. The molecule has 0 radical (unpaired) electrons. The van der Waals surface area contributed by atoms with E-state index in [9.17, 15) is 14.4 Å². The normalized spacial score (nSPS) is 12.5. The molecule has 0 spiro atoms. The van der Waals surface area contributed by atoms with Gasteiger partial charge >= 0.3 is 0 Å². The van der Waals surface area contributed by atoms with Crippen molar-refractivity contribution < 1.29 is 14.4 Å². The van der Waals surface area contributed by atoms with E-state index in [0.717, 1.165) is 22.5 Å². The van der Waals surface area contributed by atoms with E-state index in [1.807, 2.05) is 74.5 Å². The first-order chi connectivity index (χ1) is 16.8. The van der Waals surface area contributed by atoms with Gasteiger partial charge in [0.25, 0.3) is 0 Å². The second-order valence-corrected chi connectivity index (χ2v) is 10.1. The Labute approximate surface area is 213 Å². The Morgan fingerprint density at radius 3 is 2.14 bits per heavy atom. The number of carbonyl (C=O) groups is 3. The van der Waals surface area contributed by atoms with Gasteiger partial charge in [0.15, 0.2) is 3.95 Å². The molecule has 0 saturated heterocycles. The van der Waals surface area contributed by atoms with E-state index >= 15 is 0 Å². The standard InChI is InChI=1S/C25H29N5O3S2/c1-16(2)21(23(33)28-24-29-30-25(34)35-24)27-22(32)19(15-18-11-7-4-8-12-18)26-20(31)14-13-17-9-5-3-6-10-17/h3-12,16,19,21H,13-15H2,1-2H3,(H,26,31)(H,27,32)(H,30,34)(H,28,29,33)/t19-,21-/m0/s1. The number of nitrogens with zero attached hydrogens (tertiary/aromatic N) is 1. The fraction of sp³-hybridized carbons (Fsp3) is 0.320. The van der Waals surface area contributed by atoms with E-state index in [-0.39, 0.29) is 18.2 Å². The molecule has 0 fully saturated rings. The average Bonchev–Trinajstić information content (AvgIpc) is 3.26. The molecule has 184 valence electrons. The minimum atomic E-state index is -0.831. The second kappa shape index (κ2) is 12.9. The number of H-pyrrole nitrogens is 1. The molecule has 0 unspecified atom stereocenters. The molecule has 3 rings (SSSR count). The molecule has 10 heteroatoms. The van der Waals surface area contributed by atoms with Gasteiger partial charge in [-0.05, 0) is 35.7 Å². The molecular formula is C25H29N5O3S2. The maximum absolute atomic E-state index is 13.3. The Bertz CT molecular complexity index is 1180. The number of aromatic nitrogens is 2. The van der Waals surface area contributed by atoms with E-state index in [1.165, 1.54) is 0 Å². The van der Waals surface area contributed by atoms with Gasteiger partial charge in [0.05, 0.1) is 0 Å². The lowest BCUT2D eigenvalue weighted by atomic mass is 10.0. The van der Waals surface area contributed by atoms with E-state index in [0.29, 0.717) is 21.9 Å². The molecule has 1 aromatic heterocycles. The van der Waals surface area contributed by atoms with Crippen LogP contribution in [0.25, 0.3) is 0 Å². The fourth-order valence-corrected chi connectivity index (χ4v) is 4.28. The Kier molecular flexibility index (Phi) is 9.68.